The van der Waals surface area contributed by atoms with Crippen molar-refractivity contribution in [3.63, 3.8) is 0 Å². The first-order chi connectivity index (χ1) is 8.88. The fourth-order valence-corrected chi connectivity index (χ4v) is 3.06. The molecule has 0 saturated carbocycles. The Hall–Kier alpha value is -1.73. The maximum absolute atomic E-state index is 12.1. The molecule has 0 aliphatic heterocycles. The van der Waals surface area contributed by atoms with Crippen molar-refractivity contribution < 1.29 is 13.5 Å². The molecule has 0 bridgehead atoms. The standard InChI is InChI=1S/C12H11BrN2O3S/c13-11-7-10(4-5-12(11)14)19(17,18)15-8-2-1-3-9(16)6-8/h1-7,15-16H,14H2. The van der Waals surface area contributed by atoms with Crippen LogP contribution in [-0.2, 0) is 10.0 Å². The molecule has 0 aliphatic rings. The molecule has 5 nitrogen and oxygen atoms in total. The van der Waals surface area contributed by atoms with Gasteiger partial charge in [0.15, 0.2) is 0 Å². The summed E-state index contributed by atoms with van der Waals surface area (Å²) in [4.78, 5) is 0.0805. The lowest BCUT2D eigenvalue weighted by Crippen LogP contribution is -2.13. The van der Waals surface area contributed by atoms with Crippen LogP contribution in [0.2, 0.25) is 0 Å². The molecule has 0 saturated heterocycles. The van der Waals surface area contributed by atoms with Gasteiger partial charge in [0, 0.05) is 16.2 Å². The largest absolute Gasteiger partial charge is 0.508 e. The van der Waals surface area contributed by atoms with Gasteiger partial charge in [-0.3, -0.25) is 4.72 Å². The first-order valence-electron chi connectivity index (χ1n) is 5.25. The van der Waals surface area contributed by atoms with Crippen LogP contribution in [0.3, 0.4) is 0 Å². The fourth-order valence-electron chi connectivity index (χ4n) is 1.46. The molecule has 0 spiro atoms. The highest BCUT2D eigenvalue weighted by atomic mass is 79.9. The highest BCUT2D eigenvalue weighted by molar-refractivity contribution is 9.10. The summed E-state index contributed by atoms with van der Waals surface area (Å²) in [6.07, 6.45) is 0. The number of sulfonamides is 1. The molecule has 2 aromatic rings. The minimum atomic E-state index is -3.72. The van der Waals surface area contributed by atoms with Crippen LogP contribution in [0.1, 0.15) is 0 Å². The van der Waals surface area contributed by atoms with Crippen molar-refractivity contribution in [3.8, 4) is 5.75 Å². The summed E-state index contributed by atoms with van der Waals surface area (Å²) in [6, 6.07) is 10.2. The zero-order chi connectivity index (χ0) is 14.0. The number of nitrogens with two attached hydrogens (primary N) is 1. The van der Waals surface area contributed by atoms with Crippen molar-refractivity contribution in [3.05, 3.63) is 46.9 Å². The van der Waals surface area contributed by atoms with Gasteiger partial charge in [0.25, 0.3) is 10.0 Å². The van der Waals surface area contributed by atoms with E-state index in [9.17, 15) is 13.5 Å². The molecule has 0 atom stereocenters. The zero-order valence-corrected chi connectivity index (χ0v) is 12.1. The molecule has 2 rings (SSSR count). The van der Waals surface area contributed by atoms with Crippen molar-refractivity contribution >= 4 is 37.3 Å². The van der Waals surface area contributed by atoms with Gasteiger partial charge in [0.05, 0.1) is 10.6 Å². The monoisotopic (exact) mass is 342 g/mol. The van der Waals surface area contributed by atoms with Crippen molar-refractivity contribution in [2.45, 2.75) is 4.90 Å². The summed E-state index contributed by atoms with van der Waals surface area (Å²) < 4.78 is 27.1. The number of phenolic OH excluding ortho intramolecular Hbond substituents is 1. The third-order valence-electron chi connectivity index (χ3n) is 2.38. The molecule has 0 heterocycles. The van der Waals surface area contributed by atoms with Gasteiger partial charge in [-0.2, -0.15) is 0 Å². The van der Waals surface area contributed by atoms with E-state index < -0.39 is 10.0 Å². The number of aromatic hydroxyl groups is 1. The van der Waals surface area contributed by atoms with E-state index in [2.05, 4.69) is 20.7 Å². The van der Waals surface area contributed by atoms with E-state index in [0.717, 1.165) is 0 Å². The molecule has 0 aromatic heterocycles. The smallest absolute Gasteiger partial charge is 0.261 e. The maximum atomic E-state index is 12.1. The van der Waals surface area contributed by atoms with Gasteiger partial charge in [0.2, 0.25) is 0 Å². The Kier molecular flexibility index (Phi) is 3.68. The molecule has 0 radical (unpaired) electrons. The molecule has 19 heavy (non-hydrogen) atoms. The van der Waals surface area contributed by atoms with Gasteiger partial charge >= 0.3 is 0 Å². The van der Waals surface area contributed by atoms with Crippen molar-refractivity contribution in [2.75, 3.05) is 10.5 Å². The summed E-state index contributed by atoms with van der Waals surface area (Å²) >= 11 is 3.18. The number of benzene rings is 2. The molecular formula is C12H11BrN2O3S. The van der Waals surface area contributed by atoms with Gasteiger partial charge in [-0.05, 0) is 46.3 Å². The average Bonchev–Trinajstić information content (AvgIpc) is 2.32. The lowest BCUT2D eigenvalue weighted by atomic mass is 10.3. The molecule has 0 fully saturated rings. The highest BCUT2D eigenvalue weighted by Crippen LogP contribution is 2.25. The third-order valence-corrected chi connectivity index (χ3v) is 4.45. The van der Waals surface area contributed by atoms with E-state index in [1.807, 2.05) is 0 Å². The van der Waals surface area contributed by atoms with E-state index in [0.29, 0.717) is 10.2 Å². The number of nitrogen functional groups attached to an aromatic ring is 1. The minimum absolute atomic E-state index is 0.0151. The normalized spacial score (nSPS) is 11.2. The van der Waals surface area contributed by atoms with Crippen molar-refractivity contribution in [2.24, 2.45) is 0 Å². The number of rotatable bonds is 3. The number of phenols is 1. The quantitative estimate of drug-likeness (QED) is 0.747. The number of anilines is 2. The van der Waals surface area contributed by atoms with Crippen LogP contribution in [-0.4, -0.2) is 13.5 Å². The van der Waals surface area contributed by atoms with Gasteiger partial charge in [-0.25, -0.2) is 8.42 Å². The molecular weight excluding hydrogens is 332 g/mol. The average molecular weight is 343 g/mol. The lowest BCUT2D eigenvalue weighted by Gasteiger charge is -2.09. The molecule has 100 valence electrons. The second kappa shape index (κ2) is 5.10. The van der Waals surface area contributed by atoms with Crippen LogP contribution in [0.15, 0.2) is 51.8 Å². The first kappa shape index (κ1) is 13.7. The maximum Gasteiger partial charge on any atom is 0.261 e. The Morgan fingerprint density at radius 2 is 1.89 bits per heavy atom. The number of hydrogen-bond donors (Lipinski definition) is 3. The molecule has 0 amide bonds. The van der Waals surface area contributed by atoms with Crippen LogP contribution in [0.5, 0.6) is 5.75 Å². The molecule has 0 unspecified atom stereocenters. The van der Waals surface area contributed by atoms with Gasteiger partial charge < -0.3 is 10.8 Å². The molecule has 0 aliphatic carbocycles. The fraction of sp³-hybridized carbons (Fsp3) is 0. The SMILES string of the molecule is Nc1ccc(S(=O)(=O)Nc2cccc(O)c2)cc1Br. The third kappa shape index (κ3) is 3.18. The number of halogens is 1. The van der Waals surface area contributed by atoms with E-state index >= 15 is 0 Å². The predicted octanol–water partition coefficient (Wildman–Crippen LogP) is 2.54. The van der Waals surface area contributed by atoms with Crippen molar-refractivity contribution in [1.29, 1.82) is 0 Å². The van der Waals surface area contributed by atoms with Gasteiger partial charge in [0.1, 0.15) is 5.75 Å². The van der Waals surface area contributed by atoms with Crippen LogP contribution in [0, 0.1) is 0 Å². The zero-order valence-electron chi connectivity index (χ0n) is 9.67. The predicted molar refractivity (Wildman–Crippen MR) is 77.5 cm³/mol. The summed E-state index contributed by atoms with van der Waals surface area (Å²) in [5, 5.41) is 9.30. The number of hydrogen-bond acceptors (Lipinski definition) is 4. The number of nitrogens with one attached hydrogen (secondary N) is 1. The van der Waals surface area contributed by atoms with E-state index in [1.54, 1.807) is 12.1 Å². The van der Waals surface area contributed by atoms with Crippen LogP contribution in [0.4, 0.5) is 11.4 Å². The second-order valence-corrected chi connectivity index (χ2v) is 6.38. The molecule has 2 aromatic carbocycles. The lowest BCUT2D eigenvalue weighted by molar-refractivity contribution is 0.475. The Morgan fingerprint density at radius 1 is 1.16 bits per heavy atom. The molecule has 4 N–H and O–H groups in total. The minimum Gasteiger partial charge on any atom is -0.508 e. The van der Waals surface area contributed by atoms with Gasteiger partial charge in [-0.1, -0.05) is 6.07 Å². The van der Waals surface area contributed by atoms with Crippen LogP contribution in [0.25, 0.3) is 0 Å². The van der Waals surface area contributed by atoms with E-state index in [-0.39, 0.29) is 16.3 Å². The summed E-state index contributed by atoms with van der Waals surface area (Å²) in [5.41, 5.74) is 6.35. The van der Waals surface area contributed by atoms with E-state index in [4.69, 9.17) is 5.73 Å². The van der Waals surface area contributed by atoms with Crippen molar-refractivity contribution in [1.82, 2.24) is 0 Å². The highest BCUT2D eigenvalue weighted by Gasteiger charge is 2.15. The first-order valence-corrected chi connectivity index (χ1v) is 7.53. The summed E-state index contributed by atoms with van der Waals surface area (Å²) in [5.74, 6) is -0.0151. The Labute approximate surface area is 119 Å². The van der Waals surface area contributed by atoms with Gasteiger partial charge in [-0.15, -0.1) is 0 Å². The Balaban J connectivity index is 2.35. The summed E-state index contributed by atoms with van der Waals surface area (Å²) in [7, 11) is -3.72. The second-order valence-electron chi connectivity index (χ2n) is 3.84. The summed E-state index contributed by atoms with van der Waals surface area (Å²) in [6.45, 7) is 0. The van der Waals surface area contributed by atoms with Crippen LogP contribution >= 0.6 is 15.9 Å². The Bertz CT molecular complexity index is 717. The van der Waals surface area contributed by atoms with Crippen LogP contribution < -0.4 is 10.5 Å². The Morgan fingerprint density at radius 3 is 2.53 bits per heavy atom. The molecule has 7 heteroatoms. The topological polar surface area (TPSA) is 92.4 Å². The van der Waals surface area contributed by atoms with E-state index in [1.165, 1.54) is 30.3 Å².